The highest BCUT2D eigenvalue weighted by Gasteiger charge is 2.49. The Morgan fingerprint density at radius 1 is 1.19 bits per heavy atom. The number of fused-ring (bicyclic) bond motifs is 1. The van der Waals surface area contributed by atoms with Crippen LogP contribution in [0.3, 0.4) is 0 Å². The zero-order chi connectivity index (χ0) is 22.7. The summed E-state index contributed by atoms with van der Waals surface area (Å²) < 4.78 is 5.29. The minimum absolute atomic E-state index is 0.0183. The number of anilines is 1. The Morgan fingerprint density at radius 2 is 1.91 bits per heavy atom. The van der Waals surface area contributed by atoms with Crippen LogP contribution in [0.15, 0.2) is 48.5 Å². The van der Waals surface area contributed by atoms with E-state index in [9.17, 15) is 20.0 Å². The average Bonchev–Trinajstić information content (AvgIpc) is 2.79. The van der Waals surface area contributed by atoms with Crippen LogP contribution in [0.25, 0.3) is 0 Å². The molecule has 1 heterocycles. The number of benzene rings is 2. The number of nitro benzene ring substituents is 1. The van der Waals surface area contributed by atoms with Crippen LogP contribution in [0.5, 0.6) is 5.75 Å². The predicted molar refractivity (Wildman–Crippen MR) is 121 cm³/mol. The highest BCUT2D eigenvalue weighted by Crippen LogP contribution is 2.49. The number of carbonyl (C=O) groups is 1. The molecular formula is C24H29N3O5. The molecule has 2 N–H and O–H groups in total. The van der Waals surface area contributed by atoms with Gasteiger partial charge in [0.2, 0.25) is 5.91 Å². The summed E-state index contributed by atoms with van der Waals surface area (Å²) in [5, 5.41) is 25.0. The molecule has 1 aliphatic heterocycles. The van der Waals surface area contributed by atoms with Crippen LogP contribution >= 0.6 is 0 Å². The SMILES string of the molecule is COc1ccc([C@@H]2[C@@H]3CCCC[C@@]3(O)CCN2CC(=O)Nc2ccc([N+](=O)[O-])cc2)cc1. The van der Waals surface area contributed by atoms with E-state index in [0.717, 1.165) is 37.0 Å². The third kappa shape index (κ3) is 4.61. The molecule has 0 unspecified atom stereocenters. The molecular weight excluding hydrogens is 410 g/mol. The van der Waals surface area contributed by atoms with Gasteiger partial charge in [0.25, 0.3) is 5.69 Å². The Kier molecular flexibility index (Phi) is 6.43. The number of carbonyl (C=O) groups excluding carboxylic acids is 1. The molecule has 2 fully saturated rings. The monoisotopic (exact) mass is 439 g/mol. The minimum atomic E-state index is -0.700. The molecule has 2 aromatic carbocycles. The molecule has 1 saturated heterocycles. The number of aliphatic hydroxyl groups is 1. The smallest absolute Gasteiger partial charge is 0.269 e. The number of hydrogen-bond donors (Lipinski definition) is 2. The Bertz CT molecular complexity index is 963. The van der Waals surface area contributed by atoms with E-state index in [-0.39, 0.29) is 30.1 Å². The highest BCUT2D eigenvalue weighted by molar-refractivity contribution is 5.92. The molecule has 2 aromatic rings. The topological polar surface area (TPSA) is 105 Å². The quantitative estimate of drug-likeness (QED) is 0.522. The van der Waals surface area contributed by atoms with Crippen LogP contribution in [-0.4, -0.2) is 46.6 Å². The lowest BCUT2D eigenvalue weighted by molar-refractivity contribution is -0.384. The molecule has 1 saturated carbocycles. The van der Waals surface area contributed by atoms with Gasteiger partial charge in [0.1, 0.15) is 5.75 Å². The van der Waals surface area contributed by atoms with Gasteiger partial charge in [-0.2, -0.15) is 0 Å². The highest BCUT2D eigenvalue weighted by atomic mass is 16.6. The largest absolute Gasteiger partial charge is 0.497 e. The Hall–Kier alpha value is -2.97. The van der Waals surface area contributed by atoms with E-state index in [1.165, 1.54) is 24.3 Å². The standard InChI is InChI=1S/C24H29N3O5/c1-32-20-11-5-17(6-12-20)23-21-4-2-3-13-24(21,29)14-15-26(23)16-22(28)25-18-7-9-19(10-8-18)27(30)31/h5-12,21,23,29H,2-4,13-16H2,1H3,(H,25,28)/t21-,23+,24+/m0/s1. The van der Waals surface area contributed by atoms with E-state index in [2.05, 4.69) is 10.2 Å². The maximum atomic E-state index is 12.8. The van der Waals surface area contributed by atoms with Gasteiger partial charge < -0.3 is 15.2 Å². The number of methoxy groups -OCH3 is 1. The van der Waals surface area contributed by atoms with Crippen LogP contribution in [0.1, 0.15) is 43.7 Å². The molecule has 0 spiro atoms. The van der Waals surface area contributed by atoms with Gasteiger partial charge in [-0.15, -0.1) is 0 Å². The molecule has 32 heavy (non-hydrogen) atoms. The number of ether oxygens (including phenoxy) is 1. The van der Waals surface area contributed by atoms with Crippen molar-refractivity contribution in [2.24, 2.45) is 5.92 Å². The first-order valence-electron chi connectivity index (χ1n) is 11.0. The summed E-state index contributed by atoms with van der Waals surface area (Å²) in [6.45, 7) is 0.803. The van der Waals surface area contributed by atoms with Gasteiger partial charge in [-0.25, -0.2) is 0 Å². The summed E-state index contributed by atoms with van der Waals surface area (Å²) in [5.74, 6) is 0.648. The summed E-state index contributed by atoms with van der Waals surface area (Å²) in [6, 6.07) is 13.6. The van der Waals surface area contributed by atoms with Gasteiger partial charge in [-0.1, -0.05) is 25.0 Å². The Labute approximate surface area is 187 Å². The average molecular weight is 440 g/mol. The molecule has 8 heteroatoms. The number of amides is 1. The number of hydrogen-bond acceptors (Lipinski definition) is 6. The second kappa shape index (κ2) is 9.26. The number of rotatable bonds is 6. The van der Waals surface area contributed by atoms with Crippen molar-refractivity contribution in [2.45, 2.75) is 43.7 Å². The fourth-order valence-corrected chi connectivity index (χ4v) is 5.22. The molecule has 8 nitrogen and oxygen atoms in total. The first kappa shape index (κ1) is 22.2. The number of piperidine rings is 1. The fraction of sp³-hybridized carbons (Fsp3) is 0.458. The van der Waals surface area contributed by atoms with Crippen molar-refractivity contribution in [2.75, 3.05) is 25.5 Å². The van der Waals surface area contributed by atoms with Gasteiger partial charge in [0.05, 0.1) is 24.2 Å². The van der Waals surface area contributed by atoms with Crippen molar-refractivity contribution in [3.8, 4) is 5.75 Å². The third-order valence-corrected chi connectivity index (χ3v) is 6.84. The van der Waals surface area contributed by atoms with Gasteiger partial charge in [0.15, 0.2) is 0 Å². The van der Waals surface area contributed by atoms with Gasteiger partial charge >= 0.3 is 0 Å². The second-order valence-electron chi connectivity index (χ2n) is 8.75. The number of non-ortho nitro benzene ring substituents is 1. The number of likely N-dealkylation sites (tertiary alicyclic amines) is 1. The minimum Gasteiger partial charge on any atom is -0.497 e. The van der Waals surface area contributed by atoms with E-state index in [1.807, 2.05) is 24.3 Å². The summed E-state index contributed by atoms with van der Waals surface area (Å²) in [6.07, 6.45) is 4.47. The first-order valence-corrected chi connectivity index (χ1v) is 11.0. The molecule has 170 valence electrons. The lowest BCUT2D eigenvalue weighted by Crippen LogP contribution is -2.56. The van der Waals surface area contributed by atoms with Gasteiger partial charge in [-0.05, 0) is 49.1 Å². The third-order valence-electron chi connectivity index (χ3n) is 6.84. The van der Waals surface area contributed by atoms with E-state index in [1.54, 1.807) is 7.11 Å². The predicted octanol–water partition coefficient (Wildman–Crippen LogP) is 3.91. The fourth-order valence-electron chi connectivity index (χ4n) is 5.22. The van der Waals surface area contributed by atoms with Crippen molar-refractivity contribution in [1.82, 2.24) is 4.90 Å². The van der Waals surface area contributed by atoms with E-state index >= 15 is 0 Å². The molecule has 1 amide bonds. The normalized spacial score (nSPS) is 25.6. The maximum Gasteiger partial charge on any atom is 0.269 e. The molecule has 0 aromatic heterocycles. The molecule has 0 radical (unpaired) electrons. The lowest BCUT2D eigenvalue weighted by atomic mass is 9.66. The van der Waals surface area contributed by atoms with Crippen LogP contribution in [0.4, 0.5) is 11.4 Å². The lowest BCUT2D eigenvalue weighted by Gasteiger charge is -2.52. The first-order chi connectivity index (χ1) is 15.4. The summed E-state index contributed by atoms with van der Waals surface area (Å²) in [4.78, 5) is 25.4. The van der Waals surface area contributed by atoms with Crippen LogP contribution in [0, 0.1) is 16.0 Å². The summed E-state index contributed by atoms with van der Waals surface area (Å²) in [7, 11) is 1.63. The van der Waals surface area contributed by atoms with Crippen molar-refractivity contribution in [1.29, 1.82) is 0 Å². The molecule has 3 atom stereocenters. The van der Waals surface area contributed by atoms with Gasteiger partial charge in [0, 0.05) is 36.3 Å². The molecule has 4 rings (SSSR count). The second-order valence-corrected chi connectivity index (χ2v) is 8.75. The number of nitro groups is 1. The van der Waals surface area contributed by atoms with Crippen LogP contribution in [-0.2, 0) is 4.79 Å². The number of nitrogens with one attached hydrogen (secondary N) is 1. The van der Waals surface area contributed by atoms with Crippen molar-refractivity contribution >= 4 is 17.3 Å². The molecule has 1 aliphatic carbocycles. The van der Waals surface area contributed by atoms with E-state index in [4.69, 9.17) is 4.74 Å². The van der Waals surface area contributed by atoms with E-state index in [0.29, 0.717) is 18.7 Å². The Morgan fingerprint density at radius 3 is 2.56 bits per heavy atom. The van der Waals surface area contributed by atoms with Crippen LogP contribution in [0.2, 0.25) is 0 Å². The Balaban J connectivity index is 1.53. The number of nitrogens with zero attached hydrogens (tertiary/aromatic N) is 2. The van der Waals surface area contributed by atoms with Crippen molar-refractivity contribution < 1.29 is 19.6 Å². The molecule has 2 aliphatic rings. The van der Waals surface area contributed by atoms with Crippen LogP contribution < -0.4 is 10.1 Å². The van der Waals surface area contributed by atoms with Crippen molar-refractivity contribution in [3.63, 3.8) is 0 Å². The summed E-state index contributed by atoms with van der Waals surface area (Å²) >= 11 is 0. The maximum absolute atomic E-state index is 12.8. The van der Waals surface area contributed by atoms with Crippen molar-refractivity contribution in [3.05, 3.63) is 64.2 Å². The zero-order valence-electron chi connectivity index (χ0n) is 18.2. The zero-order valence-corrected chi connectivity index (χ0v) is 18.2. The molecule has 0 bridgehead atoms. The van der Waals surface area contributed by atoms with E-state index < -0.39 is 10.5 Å². The van der Waals surface area contributed by atoms with Gasteiger partial charge in [-0.3, -0.25) is 19.8 Å². The summed E-state index contributed by atoms with van der Waals surface area (Å²) in [5.41, 5.74) is 0.871.